The quantitative estimate of drug-likeness (QED) is 0.166. The minimum Gasteiger partial charge on any atom is -0.309 e. The molecule has 0 radical (unpaired) electrons. The Bertz CT molecular complexity index is 3930. The van der Waals surface area contributed by atoms with E-state index in [-0.39, 0.29) is 57.6 Å². The Labute approximate surface area is 343 Å². The van der Waals surface area contributed by atoms with Crippen LogP contribution in [0, 0.1) is 0 Å². The van der Waals surface area contributed by atoms with Crippen LogP contribution in [0.1, 0.15) is 9.60 Å². The monoisotopic (exact) mass is 749 g/mol. The topological polar surface area (TPSA) is 9.86 Å². The third-order valence-corrected chi connectivity index (χ3v) is 12.3. The second kappa shape index (κ2) is 12.7. The van der Waals surface area contributed by atoms with Crippen LogP contribution >= 0.6 is 11.3 Å². The second-order valence-corrected chi connectivity index (χ2v) is 15.4. The van der Waals surface area contributed by atoms with E-state index in [2.05, 4.69) is 83.4 Å². The van der Waals surface area contributed by atoms with Gasteiger partial charge in [0.2, 0.25) is 0 Å². The van der Waals surface area contributed by atoms with E-state index in [4.69, 9.17) is 2.74 Å². The van der Waals surface area contributed by atoms with Gasteiger partial charge in [-0.25, -0.2) is 0 Å². The van der Waals surface area contributed by atoms with Gasteiger partial charge in [0.25, 0.3) is 0 Å². The van der Waals surface area contributed by atoms with Gasteiger partial charge >= 0.3 is 0 Å². The molecule has 3 heterocycles. The Kier molecular flexibility index (Phi) is 5.74. The summed E-state index contributed by atoms with van der Waals surface area (Å²) in [6.45, 7) is 0. The summed E-state index contributed by atoms with van der Waals surface area (Å²) in [5.74, 6) is 0. The SMILES string of the molecule is [2H]c1c([2H])c([2H])c2c(c1[2H])c1c([2H])c(-c3ccc4c(c3)c3cccc(-c5ccccc5)c3n4-c3cccc(-c4ccccc4)c3)c([2H])c([2H])c1n2-c1ccc2sc3ccccc3c2c1. The van der Waals surface area contributed by atoms with E-state index in [1.54, 1.807) is 15.9 Å². The molecule has 266 valence electrons. The van der Waals surface area contributed by atoms with Crippen LogP contribution in [0.3, 0.4) is 0 Å². The van der Waals surface area contributed by atoms with Gasteiger partial charge in [-0.15, -0.1) is 11.3 Å². The number of aromatic nitrogens is 2. The second-order valence-electron chi connectivity index (χ2n) is 14.4. The molecule has 0 aliphatic carbocycles. The Morgan fingerprint density at radius 2 is 1.07 bits per heavy atom. The molecule has 3 aromatic heterocycles. The van der Waals surface area contributed by atoms with Gasteiger partial charge in [0, 0.05) is 58.7 Å². The summed E-state index contributed by atoms with van der Waals surface area (Å²) in [5.41, 5.74) is 8.95. The summed E-state index contributed by atoms with van der Waals surface area (Å²) >= 11 is 1.66. The highest BCUT2D eigenvalue weighted by molar-refractivity contribution is 7.25. The Morgan fingerprint density at radius 1 is 0.368 bits per heavy atom. The molecule has 0 aliphatic rings. The van der Waals surface area contributed by atoms with E-state index in [9.17, 15) is 6.85 Å². The van der Waals surface area contributed by atoms with E-state index < -0.39 is 12.1 Å². The lowest BCUT2D eigenvalue weighted by Gasteiger charge is -2.13. The van der Waals surface area contributed by atoms with Gasteiger partial charge in [-0.3, -0.25) is 0 Å². The molecule has 57 heavy (non-hydrogen) atoms. The largest absolute Gasteiger partial charge is 0.309 e. The van der Waals surface area contributed by atoms with Crippen molar-refractivity contribution in [3.8, 4) is 44.8 Å². The molecular formula is C54H34N2S. The van der Waals surface area contributed by atoms with Crippen LogP contribution < -0.4 is 0 Å². The fourth-order valence-corrected chi connectivity index (χ4v) is 9.66. The summed E-state index contributed by atoms with van der Waals surface area (Å²) in [5, 5.41) is 4.28. The average Bonchev–Trinajstić information content (AvgIpc) is 4.01. The van der Waals surface area contributed by atoms with E-state index in [0.717, 1.165) is 69.9 Å². The number of nitrogens with zero attached hydrogens (tertiary/aromatic N) is 2. The maximum atomic E-state index is 9.97. The molecule has 0 atom stereocenters. The van der Waals surface area contributed by atoms with Crippen molar-refractivity contribution in [2.24, 2.45) is 0 Å². The first-order chi connectivity index (χ1) is 31.2. The van der Waals surface area contributed by atoms with Crippen LogP contribution in [0.5, 0.6) is 0 Å². The van der Waals surface area contributed by atoms with Gasteiger partial charge in [-0.2, -0.15) is 0 Å². The minimum atomic E-state index is -0.418. The predicted octanol–water partition coefficient (Wildman–Crippen LogP) is 15.2. The summed E-state index contributed by atoms with van der Waals surface area (Å²) in [6.07, 6.45) is 0. The molecule has 12 aromatic rings. The molecule has 0 unspecified atom stereocenters. The molecule has 0 saturated heterocycles. The van der Waals surface area contributed by atoms with Crippen LogP contribution in [-0.4, -0.2) is 9.13 Å². The van der Waals surface area contributed by atoms with E-state index in [1.807, 2.05) is 84.9 Å². The molecule has 0 spiro atoms. The summed E-state index contributed by atoms with van der Waals surface area (Å²) in [7, 11) is 0. The van der Waals surface area contributed by atoms with Crippen LogP contribution in [0.4, 0.5) is 0 Å². The Hall–Kier alpha value is -7.20. The molecule has 0 saturated carbocycles. The lowest BCUT2D eigenvalue weighted by atomic mass is 9.99. The zero-order valence-corrected chi connectivity index (χ0v) is 31.2. The van der Waals surface area contributed by atoms with Crippen LogP contribution in [-0.2, 0) is 0 Å². The van der Waals surface area contributed by atoms with Gasteiger partial charge < -0.3 is 9.13 Å². The van der Waals surface area contributed by atoms with E-state index in [0.29, 0.717) is 11.3 Å². The number of para-hydroxylation sites is 2. The molecule has 0 aliphatic heterocycles. The van der Waals surface area contributed by atoms with Crippen molar-refractivity contribution < 1.29 is 9.60 Å². The molecule has 12 rings (SSSR count). The lowest BCUT2D eigenvalue weighted by molar-refractivity contribution is 1.18. The highest BCUT2D eigenvalue weighted by atomic mass is 32.1. The minimum absolute atomic E-state index is 0.0736. The number of fused-ring (bicyclic) bond motifs is 9. The third-order valence-electron chi connectivity index (χ3n) is 11.1. The van der Waals surface area contributed by atoms with Crippen molar-refractivity contribution in [3.05, 3.63) is 206 Å². The summed E-state index contributed by atoms with van der Waals surface area (Å²) < 4.78 is 71.4. The maximum absolute atomic E-state index is 9.97. The Balaban J connectivity index is 1.15. The molecule has 9 aromatic carbocycles. The molecule has 3 heteroatoms. The van der Waals surface area contributed by atoms with Crippen LogP contribution in [0.15, 0.2) is 206 Å². The molecule has 0 N–H and O–H groups in total. The van der Waals surface area contributed by atoms with Crippen molar-refractivity contribution in [2.45, 2.75) is 0 Å². The van der Waals surface area contributed by atoms with Crippen molar-refractivity contribution in [1.29, 1.82) is 0 Å². The van der Waals surface area contributed by atoms with Gasteiger partial charge in [0.15, 0.2) is 0 Å². The van der Waals surface area contributed by atoms with Crippen LogP contribution in [0.2, 0.25) is 0 Å². The van der Waals surface area contributed by atoms with E-state index in [1.165, 1.54) is 0 Å². The fraction of sp³-hybridized carbons (Fsp3) is 0. The number of thiophene rings is 1. The highest BCUT2D eigenvalue weighted by Crippen LogP contribution is 2.42. The standard InChI is InChI=1S/C54H34N2S/c1-3-13-35(14-4-1)37-17-11-18-40(31-37)56-51-29-26-39(33-47(51)45-22-12-21-42(54(45)56)36-15-5-2-6-16-36)38-25-28-50-46(32-38)43-19-7-9-23-49(43)55(50)41-27-30-53-48(34-41)44-20-8-10-24-52(44)57-53/h1-34H/i7D,9D,19D,23D,25D,28D,32D. The Morgan fingerprint density at radius 3 is 1.96 bits per heavy atom. The van der Waals surface area contributed by atoms with Crippen molar-refractivity contribution in [2.75, 3.05) is 0 Å². The first-order valence-corrected chi connectivity index (χ1v) is 19.8. The predicted molar refractivity (Wildman–Crippen MR) is 244 cm³/mol. The smallest absolute Gasteiger partial charge is 0.0645 e. The number of hydrogen-bond acceptors (Lipinski definition) is 1. The van der Waals surface area contributed by atoms with Gasteiger partial charge in [0.05, 0.1) is 31.7 Å². The maximum Gasteiger partial charge on any atom is 0.0645 e. The molecule has 0 fully saturated rings. The molecular weight excluding hydrogens is 709 g/mol. The zero-order valence-electron chi connectivity index (χ0n) is 37.4. The summed E-state index contributed by atoms with van der Waals surface area (Å²) in [6, 6.07) is 53.5. The third kappa shape index (κ3) is 5.03. The van der Waals surface area contributed by atoms with Gasteiger partial charge in [-0.1, -0.05) is 139 Å². The van der Waals surface area contributed by atoms with E-state index >= 15 is 0 Å². The van der Waals surface area contributed by atoms with Gasteiger partial charge in [0.1, 0.15) is 0 Å². The molecule has 2 nitrogen and oxygen atoms in total. The molecule has 0 amide bonds. The molecule has 0 bridgehead atoms. The first kappa shape index (κ1) is 25.8. The summed E-state index contributed by atoms with van der Waals surface area (Å²) in [4.78, 5) is 0. The lowest BCUT2D eigenvalue weighted by Crippen LogP contribution is -1.96. The van der Waals surface area contributed by atoms with Crippen molar-refractivity contribution >= 4 is 75.1 Å². The first-order valence-electron chi connectivity index (χ1n) is 22.4. The number of benzene rings is 9. The highest BCUT2D eigenvalue weighted by Gasteiger charge is 2.19. The van der Waals surface area contributed by atoms with Crippen molar-refractivity contribution in [1.82, 2.24) is 9.13 Å². The zero-order chi connectivity index (χ0) is 43.5. The average molecular weight is 750 g/mol. The normalized spacial score (nSPS) is 13.6. The van der Waals surface area contributed by atoms with Crippen LogP contribution in [0.25, 0.3) is 109 Å². The number of rotatable bonds is 5. The fourth-order valence-electron chi connectivity index (χ4n) is 8.57. The van der Waals surface area contributed by atoms with Gasteiger partial charge in [-0.05, 0) is 94.5 Å². The number of hydrogen-bond donors (Lipinski definition) is 0. The van der Waals surface area contributed by atoms with Crippen molar-refractivity contribution in [3.63, 3.8) is 0 Å².